The van der Waals surface area contributed by atoms with E-state index in [1.54, 1.807) is 16.7 Å². The molecule has 7 nitrogen and oxygen atoms in total. The van der Waals surface area contributed by atoms with Crippen LogP contribution >= 0.6 is 22.7 Å². The summed E-state index contributed by atoms with van der Waals surface area (Å²) in [6.45, 7) is 4.14. The summed E-state index contributed by atoms with van der Waals surface area (Å²) in [7, 11) is 2.14. The Morgan fingerprint density at radius 2 is 1.71 bits per heavy atom. The van der Waals surface area contributed by atoms with Gasteiger partial charge in [0.25, 0.3) is 0 Å². The maximum Gasteiger partial charge on any atom is 0.231 e. The van der Waals surface area contributed by atoms with E-state index >= 15 is 0 Å². The van der Waals surface area contributed by atoms with Gasteiger partial charge in [-0.1, -0.05) is 6.07 Å². The van der Waals surface area contributed by atoms with Gasteiger partial charge in [0, 0.05) is 47.8 Å². The van der Waals surface area contributed by atoms with Gasteiger partial charge in [-0.3, -0.25) is 9.59 Å². The van der Waals surface area contributed by atoms with Crippen LogP contribution in [-0.2, 0) is 22.4 Å². The van der Waals surface area contributed by atoms with E-state index in [0.29, 0.717) is 17.2 Å². The number of piperazine rings is 1. The fourth-order valence-corrected chi connectivity index (χ4v) is 4.80. The molecule has 2 aromatic heterocycles. The van der Waals surface area contributed by atoms with Gasteiger partial charge in [0.2, 0.25) is 11.8 Å². The minimum Gasteiger partial charge on any atom is -0.369 e. The van der Waals surface area contributed by atoms with Gasteiger partial charge in [0.1, 0.15) is 0 Å². The van der Waals surface area contributed by atoms with Crippen LogP contribution in [0.2, 0.25) is 0 Å². The number of likely N-dealkylation sites (N-methyl/N-ethyl adjacent to an activating group) is 1. The van der Waals surface area contributed by atoms with Crippen molar-refractivity contribution < 1.29 is 9.59 Å². The quantitative estimate of drug-likeness (QED) is 0.572. The summed E-state index contributed by atoms with van der Waals surface area (Å²) >= 11 is 2.88. The first-order valence-corrected chi connectivity index (χ1v) is 11.9. The molecule has 162 valence electrons. The van der Waals surface area contributed by atoms with E-state index in [0.717, 1.165) is 36.7 Å². The van der Waals surface area contributed by atoms with Crippen LogP contribution in [0.15, 0.2) is 47.2 Å². The molecule has 0 bridgehead atoms. The number of carbonyl (C=O) groups excluding carboxylic acids is 2. The summed E-state index contributed by atoms with van der Waals surface area (Å²) in [5, 5.41) is 9.98. The zero-order chi connectivity index (χ0) is 21.6. The molecule has 3 heterocycles. The highest BCUT2D eigenvalue weighted by atomic mass is 32.1. The van der Waals surface area contributed by atoms with E-state index in [-0.39, 0.29) is 18.2 Å². The molecule has 0 aliphatic carbocycles. The Morgan fingerprint density at radius 3 is 2.42 bits per heavy atom. The fourth-order valence-electron chi connectivity index (χ4n) is 3.37. The van der Waals surface area contributed by atoms with Crippen molar-refractivity contribution in [2.24, 2.45) is 0 Å². The van der Waals surface area contributed by atoms with Crippen molar-refractivity contribution in [1.82, 2.24) is 9.88 Å². The number of rotatable bonds is 7. The molecule has 31 heavy (non-hydrogen) atoms. The summed E-state index contributed by atoms with van der Waals surface area (Å²) in [6.07, 6.45) is 0.495. The average molecular weight is 456 g/mol. The predicted octanol–water partition coefficient (Wildman–Crippen LogP) is 3.32. The molecular weight excluding hydrogens is 430 g/mol. The molecular formula is C22H25N5O2S2. The average Bonchev–Trinajstić information content (AvgIpc) is 3.41. The molecule has 9 heteroatoms. The molecule has 0 atom stereocenters. The number of carbonyl (C=O) groups is 2. The summed E-state index contributed by atoms with van der Waals surface area (Å²) in [4.78, 5) is 34.5. The zero-order valence-electron chi connectivity index (χ0n) is 17.3. The molecule has 0 radical (unpaired) electrons. The van der Waals surface area contributed by atoms with Crippen LogP contribution < -0.4 is 15.5 Å². The normalized spacial score (nSPS) is 14.4. The second-order valence-electron chi connectivity index (χ2n) is 7.51. The van der Waals surface area contributed by atoms with Crippen LogP contribution in [0.25, 0.3) is 0 Å². The van der Waals surface area contributed by atoms with Crippen molar-refractivity contribution >= 4 is 51.0 Å². The molecule has 1 aromatic carbocycles. The summed E-state index contributed by atoms with van der Waals surface area (Å²) in [5.74, 6) is -0.234. The third-order valence-electron chi connectivity index (χ3n) is 5.07. The minimum absolute atomic E-state index is 0.103. The molecule has 1 aliphatic heterocycles. The SMILES string of the molecule is CN1CCN(c2ccc(NC(=O)Cc3csc(NC(=O)Cc4cccs4)n3)cc2)CC1. The number of aromatic nitrogens is 1. The van der Waals surface area contributed by atoms with Crippen molar-refractivity contribution in [1.29, 1.82) is 0 Å². The number of nitrogens with one attached hydrogen (secondary N) is 2. The van der Waals surface area contributed by atoms with Crippen LogP contribution in [0.4, 0.5) is 16.5 Å². The summed E-state index contributed by atoms with van der Waals surface area (Å²) in [6, 6.07) is 11.8. The van der Waals surface area contributed by atoms with Crippen molar-refractivity contribution in [3.05, 3.63) is 57.7 Å². The highest BCUT2D eigenvalue weighted by Crippen LogP contribution is 2.20. The Labute approximate surface area is 189 Å². The monoisotopic (exact) mass is 455 g/mol. The Bertz CT molecular complexity index is 1010. The topological polar surface area (TPSA) is 77.6 Å². The van der Waals surface area contributed by atoms with Gasteiger partial charge in [-0.2, -0.15) is 0 Å². The first-order chi connectivity index (χ1) is 15.0. The lowest BCUT2D eigenvalue weighted by Gasteiger charge is -2.34. The molecule has 1 fully saturated rings. The lowest BCUT2D eigenvalue weighted by molar-refractivity contribution is -0.116. The van der Waals surface area contributed by atoms with Gasteiger partial charge in [-0.25, -0.2) is 4.98 Å². The third-order valence-corrected chi connectivity index (χ3v) is 6.76. The van der Waals surface area contributed by atoms with Crippen LogP contribution in [-0.4, -0.2) is 54.9 Å². The smallest absolute Gasteiger partial charge is 0.231 e. The molecule has 4 rings (SSSR count). The van der Waals surface area contributed by atoms with E-state index in [4.69, 9.17) is 0 Å². The van der Waals surface area contributed by atoms with E-state index in [1.807, 2.05) is 41.8 Å². The van der Waals surface area contributed by atoms with Crippen molar-refractivity contribution in [3.63, 3.8) is 0 Å². The summed E-state index contributed by atoms with van der Waals surface area (Å²) in [5.41, 5.74) is 2.58. The first-order valence-electron chi connectivity index (χ1n) is 10.2. The molecule has 2 N–H and O–H groups in total. The standard InChI is InChI=1S/C22H25N5O2S2/c1-26-8-10-27(11-9-26)18-6-4-16(5-7-18)23-20(28)13-17-15-31-22(24-17)25-21(29)14-19-3-2-12-30-19/h2-7,12,15H,8-11,13-14H2,1H3,(H,23,28)(H,24,25,29). The zero-order valence-corrected chi connectivity index (χ0v) is 19.0. The number of thiazole rings is 1. The number of anilines is 3. The molecule has 3 aromatic rings. The second-order valence-corrected chi connectivity index (χ2v) is 9.40. The van der Waals surface area contributed by atoms with Crippen molar-refractivity contribution in [2.75, 3.05) is 48.8 Å². The molecule has 0 unspecified atom stereocenters. The van der Waals surface area contributed by atoms with E-state index in [9.17, 15) is 9.59 Å². The largest absolute Gasteiger partial charge is 0.369 e. The van der Waals surface area contributed by atoms with Gasteiger partial charge in [-0.15, -0.1) is 22.7 Å². The molecule has 0 spiro atoms. The molecule has 0 saturated carbocycles. The lowest BCUT2D eigenvalue weighted by atomic mass is 10.2. The van der Waals surface area contributed by atoms with Crippen molar-refractivity contribution in [3.8, 4) is 0 Å². The number of hydrogen-bond donors (Lipinski definition) is 2. The van der Waals surface area contributed by atoms with Gasteiger partial charge in [0.05, 0.1) is 18.5 Å². The molecule has 1 aliphatic rings. The second kappa shape index (κ2) is 10.0. The summed E-state index contributed by atoms with van der Waals surface area (Å²) < 4.78 is 0. The van der Waals surface area contributed by atoms with Crippen molar-refractivity contribution in [2.45, 2.75) is 12.8 Å². The van der Waals surface area contributed by atoms with Crippen LogP contribution in [0.1, 0.15) is 10.6 Å². The Morgan fingerprint density at radius 1 is 0.968 bits per heavy atom. The highest BCUT2D eigenvalue weighted by molar-refractivity contribution is 7.14. The Hall–Kier alpha value is -2.75. The maximum absolute atomic E-state index is 12.4. The van der Waals surface area contributed by atoms with Gasteiger partial charge in [-0.05, 0) is 42.8 Å². The third kappa shape index (κ3) is 6.13. The maximum atomic E-state index is 12.4. The first kappa shape index (κ1) is 21.5. The number of hydrogen-bond acceptors (Lipinski definition) is 7. The molecule has 1 saturated heterocycles. The van der Waals surface area contributed by atoms with Gasteiger partial charge in [0.15, 0.2) is 5.13 Å². The van der Waals surface area contributed by atoms with E-state index < -0.39 is 0 Å². The highest BCUT2D eigenvalue weighted by Gasteiger charge is 2.15. The van der Waals surface area contributed by atoms with E-state index in [2.05, 4.69) is 32.5 Å². The van der Waals surface area contributed by atoms with Crippen LogP contribution in [0.3, 0.4) is 0 Å². The number of amides is 2. The van der Waals surface area contributed by atoms with Gasteiger partial charge >= 0.3 is 0 Å². The Kier molecular flexibility index (Phi) is 6.96. The molecule has 2 amide bonds. The van der Waals surface area contributed by atoms with E-state index in [1.165, 1.54) is 17.0 Å². The number of benzene rings is 1. The van der Waals surface area contributed by atoms with Crippen LogP contribution in [0, 0.1) is 0 Å². The number of thiophene rings is 1. The number of nitrogens with zero attached hydrogens (tertiary/aromatic N) is 3. The Balaban J connectivity index is 1.25. The fraction of sp³-hybridized carbons (Fsp3) is 0.318. The predicted molar refractivity (Wildman–Crippen MR) is 127 cm³/mol. The lowest BCUT2D eigenvalue weighted by Crippen LogP contribution is -2.44. The van der Waals surface area contributed by atoms with Crippen LogP contribution in [0.5, 0.6) is 0 Å². The minimum atomic E-state index is -0.130. The van der Waals surface area contributed by atoms with Gasteiger partial charge < -0.3 is 20.4 Å².